The maximum absolute atomic E-state index is 14.3. The molecule has 0 aliphatic heterocycles. The number of aromatic nitrogens is 2. The second-order valence-electron chi connectivity index (χ2n) is 8.08. The average Bonchev–Trinajstić information content (AvgIpc) is 3.37. The minimum atomic E-state index is -3.99. The van der Waals surface area contributed by atoms with Gasteiger partial charge in [0.2, 0.25) is 10.0 Å². The molecule has 0 atom stereocenters. The van der Waals surface area contributed by atoms with Crippen LogP contribution in [-0.2, 0) is 16.6 Å². The number of carbonyl (C=O) groups excluding carboxylic acids is 1. The SMILES string of the molecule is N#CCCN(CCC#N)S(=O)(=O)c1ccc(C(=O)N(Cc2cccnc2)c2nc3c(F)cccc3s2)cc1. The fourth-order valence-corrected chi connectivity index (χ4v) is 6.11. The summed E-state index contributed by atoms with van der Waals surface area (Å²) in [5.41, 5.74) is 1.09. The Kier molecular flexibility index (Phi) is 8.38. The molecule has 0 radical (unpaired) electrons. The van der Waals surface area contributed by atoms with Crippen molar-refractivity contribution in [1.82, 2.24) is 14.3 Å². The standard InChI is InChI=1S/C26H21FN6O3S2/c27-22-6-1-7-23-24(22)31-26(37-23)33(18-19-5-2-14-30-17-19)25(34)20-8-10-21(11-9-20)38(35,36)32(15-3-12-28)16-4-13-29/h1-2,5-11,14,17H,3-4,15-16,18H2. The molecule has 0 N–H and O–H groups in total. The second-order valence-corrected chi connectivity index (χ2v) is 11.0. The maximum Gasteiger partial charge on any atom is 0.260 e. The summed E-state index contributed by atoms with van der Waals surface area (Å²) in [6.45, 7) is 0.0206. The van der Waals surface area contributed by atoms with Crippen molar-refractivity contribution < 1.29 is 17.6 Å². The molecule has 38 heavy (non-hydrogen) atoms. The van der Waals surface area contributed by atoms with Gasteiger partial charge in [-0.15, -0.1) is 0 Å². The molecule has 0 aliphatic carbocycles. The predicted molar refractivity (Wildman–Crippen MR) is 140 cm³/mol. The van der Waals surface area contributed by atoms with Crippen molar-refractivity contribution in [3.8, 4) is 12.1 Å². The van der Waals surface area contributed by atoms with Crippen LogP contribution in [0.15, 0.2) is 71.9 Å². The lowest BCUT2D eigenvalue weighted by Gasteiger charge is -2.21. The Morgan fingerprint density at radius 1 is 1.00 bits per heavy atom. The topological polar surface area (TPSA) is 131 Å². The summed E-state index contributed by atoms with van der Waals surface area (Å²) in [7, 11) is -3.99. The third-order valence-electron chi connectivity index (χ3n) is 5.58. The minimum Gasteiger partial charge on any atom is -0.279 e. The van der Waals surface area contributed by atoms with E-state index >= 15 is 0 Å². The number of hydrogen-bond donors (Lipinski definition) is 0. The van der Waals surface area contributed by atoms with Crippen LogP contribution in [0.1, 0.15) is 28.8 Å². The van der Waals surface area contributed by atoms with Crippen molar-refractivity contribution in [1.29, 1.82) is 10.5 Å². The Bertz CT molecular complexity index is 1610. The van der Waals surface area contributed by atoms with E-state index in [1.54, 1.807) is 36.7 Å². The first-order valence-corrected chi connectivity index (χ1v) is 13.7. The van der Waals surface area contributed by atoms with Crippen LogP contribution in [0.4, 0.5) is 9.52 Å². The Morgan fingerprint density at radius 2 is 1.71 bits per heavy atom. The van der Waals surface area contributed by atoms with E-state index in [-0.39, 0.29) is 53.6 Å². The van der Waals surface area contributed by atoms with Crippen molar-refractivity contribution in [2.75, 3.05) is 18.0 Å². The summed E-state index contributed by atoms with van der Waals surface area (Å²) in [5.74, 6) is -0.950. The van der Waals surface area contributed by atoms with Gasteiger partial charge in [-0.25, -0.2) is 17.8 Å². The van der Waals surface area contributed by atoms with Gasteiger partial charge >= 0.3 is 0 Å². The van der Waals surface area contributed by atoms with Crippen LogP contribution in [0, 0.1) is 28.5 Å². The fraction of sp³-hybridized carbons (Fsp3) is 0.192. The van der Waals surface area contributed by atoms with Gasteiger partial charge < -0.3 is 0 Å². The van der Waals surface area contributed by atoms with Gasteiger partial charge in [-0.2, -0.15) is 14.8 Å². The number of benzene rings is 2. The highest BCUT2D eigenvalue weighted by molar-refractivity contribution is 7.89. The van der Waals surface area contributed by atoms with Gasteiger partial charge in [0, 0.05) is 43.9 Å². The normalized spacial score (nSPS) is 11.3. The molecule has 0 spiro atoms. The number of nitrogens with zero attached hydrogens (tertiary/aromatic N) is 6. The Balaban J connectivity index is 1.67. The van der Waals surface area contributed by atoms with Crippen LogP contribution < -0.4 is 4.90 Å². The first kappa shape index (κ1) is 26.8. The van der Waals surface area contributed by atoms with Gasteiger partial charge in [-0.1, -0.05) is 23.5 Å². The van der Waals surface area contributed by atoms with Gasteiger partial charge in [0.25, 0.3) is 5.91 Å². The van der Waals surface area contributed by atoms with Crippen molar-refractivity contribution in [2.45, 2.75) is 24.3 Å². The molecule has 2 heterocycles. The molecule has 0 unspecified atom stereocenters. The molecule has 0 saturated carbocycles. The van der Waals surface area contributed by atoms with Crippen LogP contribution in [0.5, 0.6) is 0 Å². The number of anilines is 1. The molecule has 192 valence electrons. The minimum absolute atomic E-state index is 0.0205. The number of halogens is 1. The number of thiazole rings is 1. The summed E-state index contributed by atoms with van der Waals surface area (Å²) in [6.07, 6.45) is 3.18. The van der Waals surface area contributed by atoms with Gasteiger partial charge in [0.1, 0.15) is 11.3 Å². The number of nitriles is 2. The van der Waals surface area contributed by atoms with Crippen LogP contribution >= 0.6 is 11.3 Å². The largest absolute Gasteiger partial charge is 0.279 e. The molecule has 2 aromatic heterocycles. The van der Waals surface area contributed by atoms with E-state index in [0.29, 0.717) is 4.70 Å². The first-order chi connectivity index (χ1) is 18.3. The van der Waals surface area contributed by atoms with E-state index in [0.717, 1.165) is 9.87 Å². The summed E-state index contributed by atoms with van der Waals surface area (Å²) in [4.78, 5) is 23.4. The van der Waals surface area contributed by atoms with Crippen LogP contribution in [0.2, 0.25) is 0 Å². The van der Waals surface area contributed by atoms with Crippen molar-refractivity contribution in [3.63, 3.8) is 0 Å². The summed E-state index contributed by atoms with van der Waals surface area (Å²) >= 11 is 1.17. The highest BCUT2D eigenvalue weighted by Gasteiger charge is 2.26. The molecule has 4 rings (SSSR count). The lowest BCUT2D eigenvalue weighted by molar-refractivity contribution is 0.0985. The zero-order chi connectivity index (χ0) is 27.1. The molecular formula is C26H21FN6O3S2. The molecule has 2 aromatic carbocycles. The highest BCUT2D eigenvalue weighted by Crippen LogP contribution is 2.32. The molecular weight excluding hydrogens is 527 g/mol. The third kappa shape index (κ3) is 5.84. The maximum atomic E-state index is 14.3. The van der Waals surface area contributed by atoms with Crippen LogP contribution in [0.3, 0.4) is 0 Å². The average molecular weight is 549 g/mol. The van der Waals surface area contributed by atoms with E-state index in [1.807, 2.05) is 12.1 Å². The molecule has 9 nitrogen and oxygen atoms in total. The number of pyridine rings is 1. The molecule has 0 fully saturated rings. The lowest BCUT2D eigenvalue weighted by Crippen LogP contribution is -2.33. The Hall–Kier alpha value is -4.23. The van der Waals surface area contributed by atoms with Crippen molar-refractivity contribution in [3.05, 3.63) is 83.9 Å². The van der Waals surface area contributed by atoms with Crippen LogP contribution in [0.25, 0.3) is 10.2 Å². The summed E-state index contributed by atoms with van der Waals surface area (Å²) < 4.78 is 42.2. The number of sulfonamides is 1. The van der Waals surface area contributed by atoms with E-state index in [1.165, 1.54) is 46.6 Å². The zero-order valence-corrected chi connectivity index (χ0v) is 21.6. The smallest absolute Gasteiger partial charge is 0.260 e. The van der Waals surface area contributed by atoms with Gasteiger partial charge in [-0.3, -0.25) is 14.7 Å². The van der Waals surface area contributed by atoms with Crippen LogP contribution in [-0.4, -0.2) is 41.7 Å². The van der Waals surface area contributed by atoms with Gasteiger partial charge in [0.05, 0.1) is 28.3 Å². The summed E-state index contributed by atoms with van der Waals surface area (Å²) in [5, 5.41) is 18.0. The molecule has 0 bridgehead atoms. The van der Waals surface area contributed by atoms with Gasteiger partial charge in [0.15, 0.2) is 5.13 Å². The molecule has 12 heteroatoms. The first-order valence-electron chi connectivity index (χ1n) is 11.4. The lowest BCUT2D eigenvalue weighted by atomic mass is 10.2. The number of para-hydroxylation sites is 1. The van der Waals surface area contributed by atoms with E-state index in [4.69, 9.17) is 10.5 Å². The van der Waals surface area contributed by atoms with E-state index < -0.39 is 21.7 Å². The molecule has 0 aliphatic rings. The third-order valence-corrected chi connectivity index (χ3v) is 8.54. The quantitative estimate of drug-likeness (QED) is 0.285. The molecule has 1 amide bonds. The number of amides is 1. The van der Waals surface area contributed by atoms with E-state index in [2.05, 4.69) is 9.97 Å². The number of carbonyl (C=O) groups is 1. The molecule has 4 aromatic rings. The predicted octanol–water partition coefficient (Wildman–Crippen LogP) is 4.50. The Labute approximate surface area is 223 Å². The number of rotatable bonds is 10. The monoisotopic (exact) mass is 548 g/mol. The fourth-order valence-electron chi connectivity index (χ4n) is 3.70. The number of hydrogen-bond acceptors (Lipinski definition) is 8. The molecule has 0 saturated heterocycles. The van der Waals surface area contributed by atoms with Gasteiger partial charge in [-0.05, 0) is 48.0 Å². The van der Waals surface area contributed by atoms with E-state index in [9.17, 15) is 17.6 Å². The highest BCUT2D eigenvalue weighted by atomic mass is 32.2. The summed E-state index contributed by atoms with van der Waals surface area (Å²) in [6, 6.07) is 17.4. The zero-order valence-electron chi connectivity index (χ0n) is 20.0. The van der Waals surface area contributed by atoms with Crippen molar-refractivity contribution >= 4 is 42.6 Å². The second kappa shape index (κ2) is 11.9. The van der Waals surface area contributed by atoms with Crippen molar-refractivity contribution in [2.24, 2.45) is 0 Å². The number of fused-ring (bicyclic) bond motifs is 1. The Morgan fingerprint density at radius 3 is 2.32 bits per heavy atom.